The van der Waals surface area contributed by atoms with E-state index in [0.29, 0.717) is 0 Å². The highest BCUT2D eigenvalue weighted by molar-refractivity contribution is 5.68. The Labute approximate surface area is 113 Å². The smallest absolute Gasteiger partial charge is 0.147 e. The van der Waals surface area contributed by atoms with E-state index in [1.165, 1.54) is 0 Å². The van der Waals surface area contributed by atoms with Crippen LogP contribution < -0.4 is 11.3 Å². The van der Waals surface area contributed by atoms with Gasteiger partial charge in [0.05, 0.1) is 5.69 Å². The van der Waals surface area contributed by atoms with E-state index >= 15 is 0 Å². The first kappa shape index (κ1) is 12.1. The van der Waals surface area contributed by atoms with Crippen LogP contribution in [-0.4, -0.2) is 9.97 Å². The van der Waals surface area contributed by atoms with Gasteiger partial charge in [0.15, 0.2) is 0 Å². The number of hydrazine groups is 1. The first-order valence-corrected chi connectivity index (χ1v) is 6.55. The third-order valence-electron chi connectivity index (χ3n) is 3.87. The van der Waals surface area contributed by atoms with Crippen molar-refractivity contribution in [1.29, 1.82) is 0 Å². The zero-order chi connectivity index (χ0) is 13.5. The van der Waals surface area contributed by atoms with Crippen molar-refractivity contribution in [3.05, 3.63) is 41.7 Å². The second kappa shape index (κ2) is 4.31. The van der Waals surface area contributed by atoms with Crippen LogP contribution in [-0.2, 0) is 5.41 Å². The normalized spacial score (nSPS) is 16.2. The molecule has 0 unspecified atom stereocenters. The lowest BCUT2D eigenvalue weighted by Crippen LogP contribution is -2.16. The molecule has 3 rings (SSSR count). The molecule has 1 fully saturated rings. The summed E-state index contributed by atoms with van der Waals surface area (Å²) in [7, 11) is 0. The van der Waals surface area contributed by atoms with Gasteiger partial charge in [0, 0.05) is 16.5 Å². The van der Waals surface area contributed by atoms with Crippen LogP contribution in [0.3, 0.4) is 0 Å². The number of benzene rings is 1. The monoisotopic (exact) mass is 254 g/mol. The number of anilines is 1. The lowest BCUT2D eigenvalue weighted by Gasteiger charge is -2.15. The first-order chi connectivity index (χ1) is 9.14. The zero-order valence-electron chi connectivity index (χ0n) is 11.3. The molecular formula is C15H18N4. The molecule has 4 nitrogen and oxygen atoms in total. The number of nitrogens with zero attached hydrogens (tertiary/aromatic N) is 2. The predicted molar refractivity (Wildman–Crippen MR) is 76.6 cm³/mol. The number of hydrogen-bond acceptors (Lipinski definition) is 4. The Balaban J connectivity index is 2.18. The summed E-state index contributed by atoms with van der Waals surface area (Å²) in [5.74, 6) is 7.20. The summed E-state index contributed by atoms with van der Waals surface area (Å²) in [6.07, 6.45) is 2.29. The van der Waals surface area contributed by atoms with Gasteiger partial charge in [-0.25, -0.2) is 15.8 Å². The van der Waals surface area contributed by atoms with Gasteiger partial charge in [0.25, 0.3) is 0 Å². The molecule has 1 aliphatic carbocycles. The molecule has 1 aliphatic rings. The van der Waals surface area contributed by atoms with E-state index in [-0.39, 0.29) is 5.41 Å². The average Bonchev–Trinajstić information content (AvgIpc) is 3.19. The van der Waals surface area contributed by atoms with Crippen molar-refractivity contribution in [2.24, 2.45) is 5.84 Å². The van der Waals surface area contributed by atoms with E-state index < -0.39 is 0 Å². The lowest BCUT2D eigenvalue weighted by molar-refractivity contribution is 0.709. The molecule has 1 saturated carbocycles. The first-order valence-electron chi connectivity index (χ1n) is 6.55. The summed E-state index contributed by atoms with van der Waals surface area (Å²) in [6, 6.07) is 10.2. The Bertz CT molecular complexity index is 603. The largest absolute Gasteiger partial charge is 0.308 e. The highest BCUT2D eigenvalue weighted by atomic mass is 15.3. The molecule has 0 atom stereocenters. The molecule has 1 heterocycles. The van der Waals surface area contributed by atoms with Gasteiger partial charge in [-0.05, 0) is 19.8 Å². The molecule has 1 aromatic heterocycles. The van der Waals surface area contributed by atoms with Gasteiger partial charge in [0.2, 0.25) is 0 Å². The highest BCUT2D eigenvalue weighted by Gasteiger charge is 2.42. The maximum absolute atomic E-state index is 5.59. The number of rotatable bonds is 3. The van der Waals surface area contributed by atoms with Crippen LogP contribution in [0.5, 0.6) is 0 Å². The van der Waals surface area contributed by atoms with Crippen molar-refractivity contribution >= 4 is 5.82 Å². The molecule has 0 spiro atoms. The SMILES string of the molecule is Cc1c(NN)nc(C2(C)CC2)nc1-c1ccccc1. The van der Waals surface area contributed by atoms with Crippen LogP contribution in [0.4, 0.5) is 5.82 Å². The van der Waals surface area contributed by atoms with Crippen LogP contribution in [0.1, 0.15) is 31.2 Å². The molecule has 4 heteroatoms. The molecule has 98 valence electrons. The fourth-order valence-corrected chi connectivity index (χ4v) is 2.22. The molecule has 3 N–H and O–H groups in total. The predicted octanol–water partition coefficient (Wildman–Crippen LogP) is 2.79. The maximum Gasteiger partial charge on any atom is 0.147 e. The molecular weight excluding hydrogens is 236 g/mol. The highest BCUT2D eigenvalue weighted by Crippen LogP contribution is 2.46. The van der Waals surface area contributed by atoms with Gasteiger partial charge < -0.3 is 5.43 Å². The van der Waals surface area contributed by atoms with Gasteiger partial charge in [-0.1, -0.05) is 37.3 Å². The van der Waals surface area contributed by atoms with E-state index in [9.17, 15) is 0 Å². The summed E-state index contributed by atoms with van der Waals surface area (Å²) < 4.78 is 0. The van der Waals surface area contributed by atoms with E-state index in [1.807, 2.05) is 25.1 Å². The molecule has 0 saturated heterocycles. The molecule has 0 bridgehead atoms. The molecule has 0 amide bonds. The van der Waals surface area contributed by atoms with Crippen LogP contribution in [0, 0.1) is 6.92 Å². The Hall–Kier alpha value is -1.94. The molecule has 2 aromatic rings. The summed E-state index contributed by atoms with van der Waals surface area (Å²) in [6.45, 7) is 4.20. The minimum Gasteiger partial charge on any atom is -0.308 e. The van der Waals surface area contributed by atoms with Crippen LogP contribution in [0.25, 0.3) is 11.3 Å². The molecule has 19 heavy (non-hydrogen) atoms. The van der Waals surface area contributed by atoms with Crippen LogP contribution >= 0.6 is 0 Å². The summed E-state index contributed by atoms with van der Waals surface area (Å²) >= 11 is 0. The fourth-order valence-electron chi connectivity index (χ4n) is 2.22. The van der Waals surface area contributed by atoms with E-state index in [4.69, 9.17) is 10.8 Å². The van der Waals surface area contributed by atoms with Gasteiger partial charge in [-0.3, -0.25) is 0 Å². The third-order valence-corrected chi connectivity index (χ3v) is 3.87. The molecule has 1 aromatic carbocycles. The minimum atomic E-state index is 0.128. The minimum absolute atomic E-state index is 0.128. The number of nitrogen functional groups attached to an aromatic ring is 1. The number of aromatic nitrogens is 2. The molecule has 0 radical (unpaired) electrons. The number of nitrogens with two attached hydrogens (primary N) is 1. The van der Waals surface area contributed by atoms with Crippen molar-refractivity contribution in [2.45, 2.75) is 32.1 Å². The average molecular weight is 254 g/mol. The zero-order valence-corrected chi connectivity index (χ0v) is 11.3. The second-order valence-corrected chi connectivity index (χ2v) is 5.44. The lowest BCUT2D eigenvalue weighted by atomic mass is 10.0. The third kappa shape index (κ3) is 2.08. The topological polar surface area (TPSA) is 63.8 Å². The Morgan fingerprint density at radius 3 is 2.42 bits per heavy atom. The van der Waals surface area contributed by atoms with E-state index in [1.54, 1.807) is 0 Å². The Morgan fingerprint density at radius 2 is 1.84 bits per heavy atom. The van der Waals surface area contributed by atoms with Crippen molar-refractivity contribution < 1.29 is 0 Å². The van der Waals surface area contributed by atoms with Crippen LogP contribution in [0.2, 0.25) is 0 Å². The standard InChI is InChI=1S/C15H18N4/c1-10-12(11-6-4-3-5-7-11)17-14(15(2)8-9-15)18-13(10)19-16/h3-7H,8-9,16H2,1-2H3,(H,17,18,19). The van der Waals surface area contributed by atoms with E-state index in [2.05, 4.69) is 29.5 Å². The van der Waals surface area contributed by atoms with Crippen molar-refractivity contribution in [3.63, 3.8) is 0 Å². The Kier molecular flexibility index (Phi) is 2.75. The van der Waals surface area contributed by atoms with Crippen molar-refractivity contribution in [3.8, 4) is 11.3 Å². The Morgan fingerprint density at radius 1 is 1.16 bits per heavy atom. The number of nitrogens with one attached hydrogen (secondary N) is 1. The maximum atomic E-state index is 5.59. The second-order valence-electron chi connectivity index (χ2n) is 5.44. The van der Waals surface area contributed by atoms with Gasteiger partial charge >= 0.3 is 0 Å². The molecule has 0 aliphatic heterocycles. The van der Waals surface area contributed by atoms with Gasteiger partial charge in [-0.15, -0.1) is 0 Å². The quantitative estimate of drug-likeness (QED) is 0.653. The number of hydrogen-bond donors (Lipinski definition) is 2. The van der Waals surface area contributed by atoms with E-state index in [0.717, 1.165) is 41.3 Å². The van der Waals surface area contributed by atoms with Crippen molar-refractivity contribution in [1.82, 2.24) is 9.97 Å². The van der Waals surface area contributed by atoms with Crippen molar-refractivity contribution in [2.75, 3.05) is 5.43 Å². The fraction of sp³-hybridized carbons (Fsp3) is 0.333. The summed E-state index contributed by atoms with van der Waals surface area (Å²) in [5.41, 5.74) is 5.88. The summed E-state index contributed by atoms with van der Waals surface area (Å²) in [4.78, 5) is 9.34. The van der Waals surface area contributed by atoms with Crippen LogP contribution in [0.15, 0.2) is 30.3 Å². The van der Waals surface area contributed by atoms with Gasteiger partial charge in [-0.2, -0.15) is 0 Å². The summed E-state index contributed by atoms with van der Waals surface area (Å²) in [5, 5.41) is 0. The van der Waals surface area contributed by atoms with Gasteiger partial charge in [0.1, 0.15) is 11.6 Å².